The van der Waals surface area contributed by atoms with Gasteiger partial charge in [-0.2, -0.15) is 0 Å². The lowest BCUT2D eigenvalue weighted by Crippen LogP contribution is -2.41. The van der Waals surface area contributed by atoms with Crippen LogP contribution in [0.25, 0.3) is 0 Å². The van der Waals surface area contributed by atoms with Crippen molar-refractivity contribution in [1.29, 1.82) is 0 Å². The highest BCUT2D eigenvalue weighted by atomic mass is 16.5. The average Bonchev–Trinajstić information content (AvgIpc) is 2.51. The molecule has 0 fully saturated rings. The smallest absolute Gasteiger partial charge is 0.197 e. The molecule has 4 nitrogen and oxygen atoms in total. The topological polar surface area (TPSA) is 73.1 Å². The molecule has 0 radical (unpaired) electrons. The van der Waals surface area contributed by atoms with Crippen LogP contribution in [-0.2, 0) is 0 Å². The number of hydrogen-bond donors (Lipinski definition) is 3. The van der Waals surface area contributed by atoms with Gasteiger partial charge in [-0.15, -0.1) is 5.16 Å². The number of aliphatic hydroxyl groups is 2. The predicted molar refractivity (Wildman–Crippen MR) is 94.6 cm³/mol. The third-order valence-corrected chi connectivity index (χ3v) is 4.51. The van der Waals surface area contributed by atoms with E-state index in [-0.39, 0.29) is 0 Å². The minimum absolute atomic E-state index is 0.616. The van der Waals surface area contributed by atoms with Crippen LogP contribution in [0.5, 0.6) is 0 Å². The van der Waals surface area contributed by atoms with Gasteiger partial charge in [-0.05, 0) is 24.8 Å². The molecular weight excluding hydrogens is 290 g/mol. The average molecular weight is 323 g/mol. The summed E-state index contributed by atoms with van der Waals surface area (Å²) in [6.07, 6.45) is 16.2. The Morgan fingerprint density at radius 3 is 2.26 bits per heavy atom. The molecule has 0 heterocycles. The minimum Gasteiger partial charge on any atom is -0.411 e. The lowest BCUT2D eigenvalue weighted by Gasteiger charge is -2.33. The molecule has 0 amide bonds. The van der Waals surface area contributed by atoms with E-state index in [9.17, 15) is 10.2 Å². The first kappa shape index (κ1) is 19.9. The summed E-state index contributed by atoms with van der Waals surface area (Å²) in [6.45, 7) is 4.24. The maximum atomic E-state index is 10.3. The Morgan fingerprint density at radius 1 is 1.00 bits per heavy atom. The summed E-state index contributed by atoms with van der Waals surface area (Å²) < 4.78 is 0. The first-order chi connectivity index (χ1) is 11.1. The van der Waals surface area contributed by atoms with Crippen molar-refractivity contribution in [2.24, 2.45) is 11.1 Å². The zero-order valence-electron chi connectivity index (χ0n) is 14.7. The normalized spacial score (nSPS) is 20.6. The molecule has 0 aliphatic heterocycles. The highest BCUT2D eigenvalue weighted by molar-refractivity contribution is 5.67. The molecule has 0 aromatic heterocycles. The van der Waals surface area contributed by atoms with Crippen LogP contribution >= 0.6 is 0 Å². The molecule has 0 bridgehead atoms. The first-order valence-electron chi connectivity index (χ1n) is 9.10. The lowest BCUT2D eigenvalue weighted by atomic mass is 9.82. The van der Waals surface area contributed by atoms with Crippen LogP contribution in [0.15, 0.2) is 28.5 Å². The quantitative estimate of drug-likeness (QED) is 0.172. The minimum atomic E-state index is -1.94. The maximum Gasteiger partial charge on any atom is 0.197 e. The fourth-order valence-corrected chi connectivity index (χ4v) is 3.13. The standard InChI is InChI=1S/C19H33NO3/c1-3-5-6-7-8-9-10-12-16-13-17(11-4-2)19(21,22)18(14-16)15-20-23/h13-15,18,21-23H,3-12H2,1-2H3/b20-15-. The molecule has 0 saturated carbocycles. The molecule has 23 heavy (non-hydrogen) atoms. The Morgan fingerprint density at radius 2 is 1.65 bits per heavy atom. The SMILES string of the molecule is CCCCCCCCCC1=CC(/C=N\O)C(O)(O)C(CCC)=C1. The summed E-state index contributed by atoms with van der Waals surface area (Å²) in [5, 5.41) is 32.4. The van der Waals surface area contributed by atoms with Crippen molar-refractivity contribution in [3.8, 4) is 0 Å². The summed E-state index contributed by atoms with van der Waals surface area (Å²) in [5.41, 5.74) is 1.73. The predicted octanol–water partition coefficient (Wildman–Crippen LogP) is 4.55. The number of nitrogens with zero attached hydrogens (tertiary/aromatic N) is 1. The molecule has 1 aliphatic rings. The van der Waals surface area contributed by atoms with Crippen LogP contribution in [-0.4, -0.2) is 27.4 Å². The van der Waals surface area contributed by atoms with Crippen molar-refractivity contribution < 1.29 is 15.4 Å². The number of unbranched alkanes of at least 4 members (excludes halogenated alkanes) is 6. The number of hydrogen-bond acceptors (Lipinski definition) is 4. The molecule has 4 heteroatoms. The molecule has 0 aromatic rings. The number of allylic oxidation sites excluding steroid dienone is 2. The van der Waals surface area contributed by atoms with Crippen molar-refractivity contribution in [2.75, 3.05) is 0 Å². The van der Waals surface area contributed by atoms with E-state index in [1.165, 1.54) is 44.7 Å². The Kier molecular flexibility index (Phi) is 9.19. The van der Waals surface area contributed by atoms with Crippen molar-refractivity contribution in [3.63, 3.8) is 0 Å². The summed E-state index contributed by atoms with van der Waals surface area (Å²) in [7, 11) is 0. The maximum absolute atomic E-state index is 10.3. The van der Waals surface area contributed by atoms with E-state index >= 15 is 0 Å². The monoisotopic (exact) mass is 323 g/mol. The summed E-state index contributed by atoms with van der Waals surface area (Å²) in [6, 6.07) is 0. The molecule has 1 atom stereocenters. The lowest BCUT2D eigenvalue weighted by molar-refractivity contribution is -0.144. The van der Waals surface area contributed by atoms with Crippen molar-refractivity contribution >= 4 is 6.21 Å². The van der Waals surface area contributed by atoms with E-state index < -0.39 is 11.7 Å². The van der Waals surface area contributed by atoms with Crippen LogP contribution in [0.1, 0.15) is 78.1 Å². The largest absolute Gasteiger partial charge is 0.411 e. The summed E-state index contributed by atoms with van der Waals surface area (Å²) >= 11 is 0. The Hall–Kier alpha value is -1.13. The van der Waals surface area contributed by atoms with Gasteiger partial charge < -0.3 is 15.4 Å². The summed E-state index contributed by atoms with van der Waals surface area (Å²) in [5.74, 6) is -2.62. The van der Waals surface area contributed by atoms with Gasteiger partial charge in [0.15, 0.2) is 5.79 Å². The van der Waals surface area contributed by atoms with Crippen molar-refractivity contribution in [2.45, 2.75) is 83.8 Å². The Balaban J connectivity index is 2.55. The Labute approximate surface area is 140 Å². The highest BCUT2D eigenvalue weighted by Crippen LogP contribution is 2.34. The zero-order chi connectivity index (χ0) is 17.1. The van der Waals surface area contributed by atoms with Gasteiger partial charge in [0.2, 0.25) is 0 Å². The molecule has 132 valence electrons. The summed E-state index contributed by atoms with van der Waals surface area (Å²) in [4.78, 5) is 0. The van der Waals surface area contributed by atoms with E-state index in [2.05, 4.69) is 12.1 Å². The van der Waals surface area contributed by atoms with Crippen molar-refractivity contribution in [1.82, 2.24) is 0 Å². The van der Waals surface area contributed by atoms with E-state index in [1.807, 2.05) is 19.1 Å². The molecule has 0 spiro atoms. The van der Waals surface area contributed by atoms with Gasteiger partial charge in [0.25, 0.3) is 0 Å². The van der Waals surface area contributed by atoms with Crippen LogP contribution in [0.4, 0.5) is 0 Å². The number of rotatable bonds is 11. The third-order valence-electron chi connectivity index (χ3n) is 4.51. The van der Waals surface area contributed by atoms with Crippen LogP contribution in [0.3, 0.4) is 0 Å². The second kappa shape index (κ2) is 10.6. The zero-order valence-corrected chi connectivity index (χ0v) is 14.7. The fourth-order valence-electron chi connectivity index (χ4n) is 3.13. The van der Waals surface area contributed by atoms with E-state index in [0.29, 0.717) is 12.0 Å². The van der Waals surface area contributed by atoms with Gasteiger partial charge in [-0.1, -0.05) is 76.5 Å². The van der Waals surface area contributed by atoms with E-state index in [1.54, 1.807) is 0 Å². The van der Waals surface area contributed by atoms with Crippen LogP contribution < -0.4 is 0 Å². The molecule has 0 saturated heterocycles. The molecule has 3 N–H and O–H groups in total. The third kappa shape index (κ3) is 6.48. The molecular formula is C19H33NO3. The van der Waals surface area contributed by atoms with E-state index in [0.717, 1.165) is 24.8 Å². The van der Waals surface area contributed by atoms with Gasteiger partial charge in [-0.25, -0.2) is 0 Å². The van der Waals surface area contributed by atoms with Gasteiger partial charge >= 0.3 is 0 Å². The van der Waals surface area contributed by atoms with Gasteiger partial charge in [0.1, 0.15) is 0 Å². The Bertz CT molecular complexity index is 424. The molecule has 1 rings (SSSR count). The first-order valence-corrected chi connectivity index (χ1v) is 9.10. The molecule has 1 aliphatic carbocycles. The second-order valence-corrected chi connectivity index (χ2v) is 6.55. The van der Waals surface area contributed by atoms with Gasteiger partial charge in [0.05, 0.1) is 12.1 Å². The highest BCUT2D eigenvalue weighted by Gasteiger charge is 2.38. The van der Waals surface area contributed by atoms with E-state index in [4.69, 9.17) is 5.21 Å². The van der Waals surface area contributed by atoms with Gasteiger partial charge in [0, 0.05) is 0 Å². The molecule has 0 aromatic carbocycles. The fraction of sp³-hybridized carbons (Fsp3) is 0.737. The van der Waals surface area contributed by atoms with Crippen LogP contribution in [0.2, 0.25) is 0 Å². The molecule has 1 unspecified atom stereocenters. The van der Waals surface area contributed by atoms with Crippen molar-refractivity contribution in [3.05, 3.63) is 23.3 Å². The van der Waals surface area contributed by atoms with Gasteiger partial charge in [-0.3, -0.25) is 0 Å². The van der Waals surface area contributed by atoms with Crippen LogP contribution in [0, 0.1) is 5.92 Å². The second-order valence-electron chi connectivity index (χ2n) is 6.55. The number of oxime groups is 1.